The second-order valence-corrected chi connectivity index (χ2v) is 3.15. The van der Waals surface area contributed by atoms with Crippen LogP contribution in [0.15, 0.2) is 35.3 Å². The molecule has 3 N–H and O–H groups in total. The summed E-state index contributed by atoms with van der Waals surface area (Å²) in [4.78, 5) is 13.7. The Morgan fingerprint density at radius 2 is 2.13 bits per heavy atom. The van der Waals surface area contributed by atoms with Crippen molar-refractivity contribution in [2.45, 2.75) is 0 Å². The molecule has 3 nitrogen and oxygen atoms in total. The molecule has 0 aliphatic heterocycles. The fraction of sp³-hybridized carbons (Fsp3) is 0.0833. The fourth-order valence-corrected chi connectivity index (χ4v) is 1.39. The molecule has 0 spiro atoms. The number of fused-ring (bicyclic) bond motifs is 1. The summed E-state index contributed by atoms with van der Waals surface area (Å²) < 4.78 is 0. The molecule has 15 heavy (non-hydrogen) atoms. The molecule has 2 rings (SSSR count). The van der Waals surface area contributed by atoms with E-state index < -0.39 is 0 Å². The highest BCUT2D eigenvalue weighted by Gasteiger charge is 1.94. The van der Waals surface area contributed by atoms with Crippen LogP contribution >= 0.6 is 0 Å². The van der Waals surface area contributed by atoms with Gasteiger partial charge in [-0.2, -0.15) is 0 Å². The number of nitrogens with two attached hydrogens (primary N) is 1. The van der Waals surface area contributed by atoms with E-state index in [2.05, 4.69) is 16.8 Å². The molecule has 0 saturated heterocycles. The average Bonchev–Trinajstić information content (AvgIpc) is 2.25. The summed E-state index contributed by atoms with van der Waals surface area (Å²) >= 11 is 0. The summed E-state index contributed by atoms with van der Waals surface area (Å²) in [6.07, 6.45) is 1.69. The maximum Gasteiger partial charge on any atom is 0.248 e. The van der Waals surface area contributed by atoms with E-state index >= 15 is 0 Å². The SMILES string of the molecule is NCC#Cc1ccc2c[nH]c(=O)cc2c1. The normalized spacial score (nSPS) is 9.67. The molecular weight excluding hydrogens is 188 g/mol. The van der Waals surface area contributed by atoms with Crippen molar-refractivity contribution < 1.29 is 0 Å². The topological polar surface area (TPSA) is 58.9 Å². The highest BCUT2D eigenvalue weighted by molar-refractivity contribution is 5.82. The smallest absolute Gasteiger partial charge is 0.248 e. The van der Waals surface area contributed by atoms with Gasteiger partial charge in [-0.25, -0.2) is 0 Å². The van der Waals surface area contributed by atoms with Gasteiger partial charge in [-0.05, 0) is 22.9 Å². The van der Waals surface area contributed by atoms with Crippen molar-refractivity contribution in [2.24, 2.45) is 5.73 Å². The number of benzene rings is 1. The molecule has 0 atom stereocenters. The molecule has 1 heterocycles. The van der Waals surface area contributed by atoms with E-state index in [1.54, 1.807) is 12.3 Å². The summed E-state index contributed by atoms with van der Waals surface area (Å²) in [5, 5.41) is 1.88. The molecular formula is C12H10N2O. The summed E-state index contributed by atoms with van der Waals surface area (Å²) in [6.45, 7) is 0.341. The maximum absolute atomic E-state index is 11.1. The number of hydrogen-bond acceptors (Lipinski definition) is 2. The summed E-state index contributed by atoms with van der Waals surface area (Å²) in [6, 6.07) is 7.27. The van der Waals surface area contributed by atoms with E-state index in [9.17, 15) is 4.79 Å². The Bertz CT molecular complexity index is 602. The number of pyridine rings is 1. The Labute approximate surface area is 86.9 Å². The van der Waals surface area contributed by atoms with Gasteiger partial charge < -0.3 is 10.7 Å². The Morgan fingerprint density at radius 3 is 2.93 bits per heavy atom. The van der Waals surface area contributed by atoms with Gasteiger partial charge in [-0.3, -0.25) is 4.79 Å². The van der Waals surface area contributed by atoms with Crippen LogP contribution in [-0.4, -0.2) is 11.5 Å². The first kappa shape index (κ1) is 9.50. The first-order valence-electron chi connectivity index (χ1n) is 4.61. The van der Waals surface area contributed by atoms with Gasteiger partial charge in [0.2, 0.25) is 5.56 Å². The van der Waals surface area contributed by atoms with Crippen LogP contribution in [0.5, 0.6) is 0 Å². The van der Waals surface area contributed by atoms with E-state index in [4.69, 9.17) is 5.73 Å². The fourth-order valence-electron chi connectivity index (χ4n) is 1.39. The molecule has 0 amide bonds. The monoisotopic (exact) mass is 198 g/mol. The molecule has 0 aliphatic rings. The predicted molar refractivity (Wildman–Crippen MR) is 60.5 cm³/mol. The number of rotatable bonds is 0. The Morgan fingerprint density at radius 1 is 1.27 bits per heavy atom. The average molecular weight is 198 g/mol. The molecule has 0 radical (unpaired) electrons. The summed E-state index contributed by atoms with van der Waals surface area (Å²) in [7, 11) is 0. The van der Waals surface area contributed by atoms with Crippen LogP contribution in [0.3, 0.4) is 0 Å². The maximum atomic E-state index is 11.1. The van der Waals surface area contributed by atoms with E-state index in [0.717, 1.165) is 16.3 Å². The minimum absolute atomic E-state index is 0.105. The van der Waals surface area contributed by atoms with Gasteiger partial charge in [-0.1, -0.05) is 17.9 Å². The van der Waals surface area contributed by atoms with Crippen LogP contribution in [-0.2, 0) is 0 Å². The van der Waals surface area contributed by atoms with E-state index in [1.165, 1.54) is 0 Å². The van der Waals surface area contributed by atoms with E-state index in [1.807, 2.05) is 18.2 Å². The van der Waals surface area contributed by atoms with E-state index in [0.29, 0.717) is 6.54 Å². The van der Waals surface area contributed by atoms with Crippen molar-refractivity contribution >= 4 is 10.8 Å². The predicted octanol–water partition coefficient (Wildman–Crippen LogP) is 0.838. The zero-order chi connectivity index (χ0) is 10.7. The highest BCUT2D eigenvalue weighted by Crippen LogP contribution is 2.12. The van der Waals surface area contributed by atoms with Crippen molar-refractivity contribution in [1.82, 2.24) is 4.98 Å². The molecule has 0 bridgehead atoms. The van der Waals surface area contributed by atoms with Crippen LogP contribution in [0, 0.1) is 11.8 Å². The van der Waals surface area contributed by atoms with Gasteiger partial charge in [0.1, 0.15) is 0 Å². The van der Waals surface area contributed by atoms with E-state index in [-0.39, 0.29) is 5.56 Å². The molecule has 0 saturated carbocycles. The molecule has 0 fully saturated rings. The number of H-pyrrole nitrogens is 1. The first-order chi connectivity index (χ1) is 7.29. The lowest BCUT2D eigenvalue weighted by atomic mass is 10.1. The van der Waals surface area contributed by atoms with Crippen LogP contribution in [0.1, 0.15) is 5.56 Å². The van der Waals surface area contributed by atoms with Gasteiger partial charge in [0.25, 0.3) is 0 Å². The third-order valence-corrected chi connectivity index (χ3v) is 2.08. The van der Waals surface area contributed by atoms with Gasteiger partial charge in [0.05, 0.1) is 6.54 Å². The van der Waals surface area contributed by atoms with Gasteiger partial charge in [0, 0.05) is 17.8 Å². The van der Waals surface area contributed by atoms with Gasteiger partial charge in [0.15, 0.2) is 0 Å². The lowest BCUT2D eigenvalue weighted by molar-refractivity contribution is 1.27. The van der Waals surface area contributed by atoms with Crippen molar-refractivity contribution in [3.63, 3.8) is 0 Å². The highest BCUT2D eigenvalue weighted by atomic mass is 16.1. The minimum atomic E-state index is -0.105. The second kappa shape index (κ2) is 3.99. The van der Waals surface area contributed by atoms with Crippen LogP contribution < -0.4 is 11.3 Å². The molecule has 0 unspecified atom stereocenters. The second-order valence-electron chi connectivity index (χ2n) is 3.15. The molecule has 1 aromatic carbocycles. The van der Waals surface area contributed by atoms with Crippen molar-refractivity contribution in [1.29, 1.82) is 0 Å². The van der Waals surface area contributed by atoms with Crippen LogP contribution in [0.4, 0.5) is 0 Å². The summed E-state index contributed by atoms with van der Waals surface area (Å²) in [5.41, 5.74) is 6.05. The first-order valence-corrected chi connectivity index (χ1v) is 4.61. The van der Waals surface area contributed by atoms with Crippen molar-refractivity contribution in [3.05, 3.63) is 46.4 Å². The third-order valence-electron chi connectivity index (χ3n) is 2.08. The number of aromatic amines is 1. The lowest BCUT2D eigenvalue weighted by Crippen LogP contribution is -2.01. The Hall–Kier alpha value is -2.05. The molecule has 2 aromatic rings. The van der Waals surface area contributed by atoms with Gasteiger partial charge in [-0.15, -0.1) is 0 Å². The van der Waals surface area contributed by atoms with Crippen LogP contribution in [0.2, 0.25) is 0 Å². The summed E-state index contributed by atoms with van der Waals surface area (Å²) in [5.74, 6) is 5.70. The Kier molecular flexibility index (Phi) is 2.53. The molecule has 0 aliphatic carbocycles. The van der Waals surface area contributed by atoms with Crippen molar-refractivity contribution in [2.75, 3.05) is 6.54 Å². The lowest BCUT2D eigenvalue weighted by Gasteiger charge is -1.96. The number of hydrogen-bond donors (Lipinski definition) is 2. The van der Waals surface area contributed by atoms with Crippen LogP contribution in [0.25, 0.3) is 10.8 Å². The van der Waals surface area contributed by atoms with Crippen molar-refractivity contribution in [3.8, 4) is 11.8 Å². The minimum Gasteiger partial charge on any atom is -0.328 e. The quantitative estimate of drug-likeness (QED) is 0.616. The largest absolute Gasteiger partial charge is 0.328 e. The molecule has 1 aromatic heterocycles. The Balaban J connectivity index is 2.59. The zero-order valence-electron chi connectivity index (χ0n) is 8.08. The molecule has 3 heteroatoms. The number of nitrogens with one attached hydrogen (secondary N) is 1. The molecule has 74 valence electrons. The number of aromatic nitrogens is 1. The van der Waals surface area contributed by atoms with Gasteiger partial charge >= 0.3 is 0 Å². The third kappa shape index (κ3) is 2.06. The zero-order valence-corrected chi connectivity index (χ0v) is 8.08. The standard InChI is InChI=1S/C12H10N2O/c13-5-1-2-9-3-4-10-8-14-12(15)7-11(10)6-9/h3-4,6-8H,5,13H2,(H,14,15).